The van der Waals surface area contributed by atoms with Crippen molar-refractivity contribution >= 4 is 16.1 Å². The summed E-state index contributed by atoms with van der Waals surface area (Å²) in [5.41, 5.74) is 1.88. The Kier molecular flexibility index (Phi) is 2.84. The lowest BCUT2D eigenvalue weighted by atomic mass is 10.5. The summed E-state index contributed by atoms with van der Waals surface area (Å²) in [6.45, 7) is 11.2. The number of rotatable bonds is 2. The maximum atomic E-state index is 3.69. The monoisotopic (exact) mass is 175 g/mol. The second-order valence-corrected chi connectivity index (χ2v) is 2.46. The van der Waals surface area contributed by atoms with Crippen molar-refractivity contribution < 1.29 is 0 Å². The van der Waals surface area contributed by atoms with Crippen LogP contribution in [0.3, 0.4) is 0 Å². The van der Waals surface area contributed by atoms with Crippen LogP contribution in [0.15, 0.2) is 24.6 Å². The second kappa shape index (κ2) is 2.92. The molecule has 0 fully saturated rings. The molecule has 2 heteroatoms. The van der Waals surface area contributed by atoms with E-state index in [2.05, 4.69) is 29.3 Å². The third kappa shape index (κ3) is 2.17. The van der Waals surface area contributed by atoms with E-state index in [0.29, 0.717) is 0 Å². The first-order valence-corrected chi connectivity index (χ1v) is 3.03. The molecule has 8 heavy (non-hydrogen) atoms. The zero-order valence-electron chi connectivity index (χ0n) is 5.24. The van der Waals surface area contributed by atoms with Gasteiger partial charge in [0.05, 0.1) is 16.1 Å². The van der Waals surface area contributed by atoms with Crippen molar-refractivity contribution in [3.8, 4) is 0 Å². The minimum atomic E-state index is 0.942. The van der Waals surface area contributed by atoms with E-state index in [9.17, 15) is 0 Å². The average molecular weight is 176 g/mol. The van der Waals surface area contributed by atoms with Gasteiger partial charge in [-0.2, -0.15) is 0 Å². The number of halogens is 1. The first-order valence-electron chi connectivity index (χ1n) is 2.32. The molecular weight excluding hydrogens is 166 g/mol. The van der Waals surface area contributed by atoms with Gasteiger partial charge in [0.15, 0.2) is 0 Å². The zero-order chi connectivity index (χ0) is 6.73. The fourth-order valence-corrected chi connectivity index (χ4v) is 0.326. The van der Waals surface area contributed by atoms with Gasteiger partial charge in [0.1, 0.15) is 0 Å². The molecule has 0 aliphatic carbocycles. The van der Waals surface area contributed by atoms with Crippen LogP contribution in [-0.4, -0.2) is 3.93 Å². The van der Waals surface area contributed by atoms with Crippen molar-refractivity contribution in [2.45, 2.75) is 13.8 Å². The highest BCUT2D eigenvalue weighted by Gasteiger charge is 1.95. The van der Waals surface area contributed by atoms with Crippen LogP contribution in [0.4, 0.5) is 0 Å². The van der Waals surface area contributed by atoms with E-state index in [-0.39, 0.29) is 0 Å². The molecule has 0 spiro atoms. The van der Waals surface area contributed by atoms with Crippen molar-refractivity contribution in [3.63, 3.8) is 0 Å². The highest BCUT2D eigenvalue weighted by atomic mass is 79.9. The second-order valence-electron chi connectivity index (χ2n) is 1.75. The summed E-state index contributed by atoms with van der Waals surface area (Å²) in [4.78, 5) is 0. The predicted molar refractivity (Wildman–Crippen MR) is 40.4 cm³/mol. The van der Waals surface area contributed by atoms with E-state index in [1.807, 2.05) is 13.8 Å². The maximum absolute atomic E-state index is 3.69. The summed E-state index contributed by atoms with van der Waals surface area (Å²) in [5.74, 6) is 0. The van der Waals surface area contributed by atoms with Gasteiger partial charge in [-0.05, 0) is 13.8 Å². The third-order valence-corrected chi connectivity index (χ3v) is 1.88. The van der Waals surface area contributed by atoms with Gasteiger partial charge in [-0.1, -0.05) is 13.2 Å². The third-order valence-electron chi connectivity index (χ3n) is 0.670. The van der Waals surface area contributed by atoms with E-state index in [0.717, 1.165) is 11.4 Å². The summed E-state index contributed by atoms with van der Waals surface area (Å²) < 4.78 is 1.76. The molecule has 0 bridgehead atoms. The van der Waals surface area contributed by atoms with Gasteiger partial charge in [-0.25, -0.2) is 0 Å². The first-order chi connectivity index (χ1) is 3.55. The standard InChI is InChI=1S/C6H10BrN/c1-5(2)8(7)6(3)4/h1,3H2,2,4H3. The minimum Gasteiger partial charge on any atom is -0.287 e. The van der Waals surface area contributed by atoms with Crippen molar-refractivity contribution in [2.24, 2.45) is 0 Å². The topological polar surface area (TPSA) is 3.24 Å². The lowest BCUT2D eigenvalue weighted by Crippen LogP contribution is -2.02. The smallest absolute Gasteiger partial charge is 0.0544 e. The van der Waals surface area contributed by atoms with Crippen molar-refractivity contribution in [1.29, 1.82) is 0 Å². The molecular formula is C6H10BrN. The van der Waals surface area contributed by atoms with Crippen LogP contribution in [0.25, 0.3) is 0 Å². The molecule has 0 aromatic heterocycles. The molecule has 0 aliphatic heterocycles. The molecule has 0 rings (SSSR count). The summed E-state index contributed by atoms with van der Waals surface area (Å²) in [6.07, 6.45) is 0. The first kappa shape index (κ1) is 7.76. The Balaban J connectivity index is 3.83. The van der Waals surface area contributed by atoms with Crippen LogP contribution in [0, 0.1) is 0 Å². The number of hydrogen-bond acceptors (Lipinski definition) is 1. The normalized spacial score (nSPS) is 8.38. The quantitative estimate of drug-likeness (QED) is 0.584. The lowest BCUT2D eigenvalue weighted by Gasteiger charge is -2.13. The van der Waals surface area contributed by atoms with Crippen LogP contribution in [0.2, 0.25) is 0 Å². The minimum absolute atomic E-state index is 0.942. The molecule has 0 aromatic carbocycles. The van der Waals surface area contributed by atoms with Gasteiger partial charge >= 0.3 is 0 Å². The van der Waals surface area contributed by atoms with Crippen LogP contribution in [0.5, 0.6) is 0 Å². The van der Waals surface area contributed by atoms with Crippen LogP contribution in [0.1, 0.15) is 13.8 Å². The van der Waals surface area contributed by atoms with Gasteiger partial charge in [0, 0.05) is 11.4 Å². The van der Waals surface area contributed by atoms with Crippen LogP contribution >= 0.6 is 16.1 Å². The van der Waals surface area contributed by atoms with E-state index in [1.165, 1.54) is 0 Å². The number of hydrogen-bond donors (Lipinski definition) is 0. The van der Waals surface area contributed by atoms with Crippen molar-refractivity contribution in [3.05, 3.63) is 24.6 Å². The molecule has 0 N–H and O–H groups in total. The maximum Gasteiger partial charge on any atom is 0.0544 e. The number of allylic oxidation sites excluding steroid dienone is 2. The van der Waals surface area contributed by atoms with Gasteiger partial charge in [0.25, 0.3) is 0 Å². The fraction of sp³-hybridized carbons (Fsp3) is 0.333. The summed E-state index contributed by atoms with van der Waals surface area (Å²) >= 11 is 3.24. The fourth-order valence-electron chi connectivity index (χ4n) is 0.326. The zero-order valence-corrected chi connectivity index (χ0v) is 6.83. The molecule has 0 aromatic rings. The molecule has 0 atom stereocenters. The van der Waals surface area contributed by atoms with Gasteiger partial charge in [-0.15, -0.1) is 0 Å². The van der Waals surface area contributed by atoms with Crippen LogP contribution in [-0.2, 0) is 0 Å². The van der Waals surface area contributed by atoms with Crippen LogP contribution < -0.4 is 0 Å². The Bertz CT molecular complexity index is 104. The van der Waals surface area contributed by atoms with E-state index in [4.69, 9.17) is 0 Å². The highest BCUT2D eigenvalue weighted by Crippen LogP contribution is 2.13. The lowest BCUT2D eigenvalue weighted by molar-refractivity contribution is 0.735. The molecule has 0 saturated carbocycles. The summed E-state index contributed by atoms with van der Waals surface area (Å²) in [6, 6.07) is 0. The Morgan fingerprint density at radius 1 is 1.25 bits per heavy atom. The Hall–Kier alpha value is -0.240. The van der Waals surface area contributed by atoms with Gasteiger partial charge in [0.2, 0.25) is 0 Å². The largest absolute Gasteiger partial charge is 0.287 e. The average Bonchev–Trinajstić information content (AvgIpc) is 1.64. The SMILES string of the molecule is C=C(C)N(Br)C(=C)C. The summed E-state index contributed by atoms with van der Waals surface area (Å²) in [7, 11) is 0. The van der Waals surface area contributed by atoms with E-state index < -0.39 is 0 Å². The Morgan fingerprint density at radius 3 is 1.50 bits per heavy atom. The highest BCUT2D eigenvalue weighted by molar-refractivity contribution is 9.07. The predicted octanol–water partition coefficient (Wildman–Crippen LogP) is 2.67. The molecule has 0 saturated heterocycles. The Morgan fingerprint density at radius 2 is 1.50 bits per heavy atom. The van der Waals surface area contributed by atoms with Crippen molar-refractivity contribution in [1.82, 2.24) is 3.93 Å². The van der Waals surface area contributed by atoms with E-state index >= 15 is 0 Å². The Labute approximate surface area is 59.0 Å². The molecule has 0 aliphatic rings. The van der Waals surface area contributed by atoms with Gasteiger partial charge < -0.3 is 0 Å². The molecule has 46 valence electrons. The molecule has 0 amide bonds. The molecule has 0 radical (unpaired) electrons. The molecule has 0 unspecified atom stereocenters. The van der Waals surface area contributed by atoms with Gasteiger partial charge in [-0.3, -0.25) is 3.93 Å². The molecule has 1 nitrogen and oxygen atoms in total. The molecule has 0 heterocycles. The summed E-state index contributed by atoms with van der Waals surface area (Å²) in [5, 5.41) is 0. The number of nitrogens with zero attached hydrogens (tertiary/aromatic N) is 1. The van der Waals surface area contributed by atoms with E-state index in [1.54, 1.807) is 3.93 Å². The van der Waals surface area contributed by atoms with Crippen molar-refractivity contribution in [2.75, 3.05) is 0 Å².